The third-order valence-electron chi connectivity index (χ3n) is 6.55. The molecule has 0 aromatic heterocycles. The van der Waals surface area contributed by atoms with Crippen LogP contribution in [0.3, 0.4) is 0 Å². The first-order valence-electron chi connectivity index (χ1n) is 11.4. The molecule has 2 amide bonds. The number of piperidine rings is 1. The van der Waals surface area contributed by atoms with Crippen molar-refractivity contribution >= 4 is 16.1 Å². The normalized spacial score (nSPS) is 19.1. The Bertz CT molecular complexity index is 816. The molecule has 2 N–H and O–H groups in total. The predicted octanol–water partition coefficient (Wildman–Crippen LogP) is 4.03. The minimum Gasteiger partial charge on any atom is -0.335 e. The van der Waals surface area contributed by atoms with Crippen molar-refractivity contribution in [1.82, 2.24) is 14.9 Å². The average Bonchev–Trinajstić information content (AvgIpc) is 2.68. The Labute approximate surface area is 181 Å². The summed E-state index contributed by atoms with van der Waals surface area (Å²) in [5, 5.41) is 3.19. The fourth-order valence-electron chi connectivity index (χ4n) is 5.00. The monoisotopic (exact) mass is 435 g/mol. The standard InChI is InChI=1S/C23H37N3O3S/c1-17-15-18(2)22(19(3)16-17)30(28,29)24-12-9-20-10-13-26(14-11-20)23(27)25-21-7-5-4-6-8-21/h15-16,20-21,24H,4-14H2,1-3H3,(H,25,27). The van der Waals surface area contributed by atoms with Crippen LogP contribution in [0.4, 0.5) is 4.79 Å². The minimum atomic E-state index is -3.50. The Morgan fingerprint density at radius 2 is 1.60 bits per heavy atom. The molecule has 1 aromatic rings. The highest BCUT2D eigenvalue weighted by atomic mass is 32.2. The number of nitrogens with zero attached hydrogens (tertiary/aromatic N) is 1. The van der Waals surface area contributed by atoms with Crippen molar-refractivity contribution in [3.8, 4) is 0 Å². The molecule has 30 heavy (non-hydrogen) atoms. The number of rotatable bonds is 6. The van der Waals surface area contributed by atoms with Gasteiger partial charge in [-0.1, -0.05) is 37.0 Å². The number of hydrogen-bond donors (Lipinski definition) is 2. The highest BCUT2D eigenvalue weighted by molar-refractivity contribution is 7.89. The molecule has 0 unspecified atom stereocenters. The van der Waals surface area contributed by atoms with Crippen LogP contribution in [-0.4, -0.2) is 45.0 Å². The molecule has 2 aliphatic rings. The second-order valence-corrected chi connectivity index (χ2v) is 10.8. The van der Waals surface area contributed by atoms with Crippen LogP contribution in [0.1, 0.15) is 68.1 Å². The van der Waals surface area contributed by atoms with Crippen LogP contribution in [0.15, 0.2) is 17.0 Å². The Balaban J connectivity index is 1.43. The van der Waals surface area contributed by atoms with Gasteiger partial charge in [0.25, 0.3) is 0 Å². The minimum absolute atomic E-state index is 0.0753. The summed E-state index contributed by atoms with van der Waals surface area (Å²) in [6.45, 7) is 7.63. The Kier molecular flexibility index (Phi) is 7.80. The first-order valence-corrected chi connectivity index (χ1v) is 12.9. The molecule has 0 spiro atoms. The van der Waals surface area contributed by atoms with E-state index in [-0.39, 0.29) is 6.03 Å². The molecule has 1 aliphatic carbocycles. The van der Waals surface area contributed by atoms with Gasteiger partial charge in [0, 0.05) is 25.7 Å². The van der Waals surface area contributed by atoms with E-state index in [1.807, 2.05) is 37.8 Å². The SMILES string of the molecule is Cc1cc(C)c(S(=O)(=O)NCCC2CCN(C(=O)NC3CCCCC3)CC2)c(C)c1. The average molecular weight is 436 g/mol. The van der Waals surface area contributed by atoms with Crippen molar-refractivity contribution in [1.29, 1.82) is 0 Å². The number of likely N-dealkylation sites (tertiary alicyclic amines) is 1. The van der Waals surface area contributed by atoms with Gasteiger partial charge in [-0.3, -0.25) is 0 Å². The van der Waals surface area contributed by atoms with E-state index in [0.717, 1.165) is 61.9 Å². The maximum absolute atomic E-state index is 12.8. The van der Waals surface area contributed by atoms with Crippen molar-refractivity contribution in [2.45, 2.75) is 83.1 Å². The largest absolute Gasteiger partial charge is 0.335 e. The molecular weight excluding hydrogens is 398 g/mol. The van der Waals surface area contributed by atoms with Crippen molar-refractivity contribution in [3.63, 3.8) is 0 Å². The molecular formula is C23H37N3O3S. The predicted molar refractivity (Wildman–Crippen MR) is 120 cm³/mol. The third-order valence-corrected chi connectivity index (χ3v) is 8.32. The van der Waals surface area contributed by atoms with Crippen molar-refractivity contribution < 1.29 is 13.2 Å². The summed E-state index contributed by atoms with van der Waals surface area (Å²) in [6.07, 6.45) is 8.58. The number of carbonyl (C=O) groups is 1. The summed E-state index contributed by atoms with van der Waals surface area (Å²) in [6, 6.07) is 4.24. The van der Waals surface area contributed by atoms with E-state index in [2.05, 4.69) is 10.0 Å². The molecule has 7 heteroatoms. The van der Waals surface area contributed by atoms with E-state index in [1.165, 1.54) is 19.3 Å². The molecule has 6 nitrogen and oxygen atoms in total. The smallest absolute Gasteiger partial charge is 0.317 e. The van der Waals surface area contributed by atoms with Crippen molar-refractivity contribution in [2.24, 2.45) is 5.92 Å². The zero-order valence-electron chi connectivity index (χ0n) is 18.7. The topological polar surface area (TPSA) is 78.5 Å². The first-order chi connectivity index (χ1) is 14.3. The van der Waals surface area contributed by atoms with E-state index in [1.54, 1.807) is 0 Å². The number of hydrogen-bond acceptors (Lipinski definition) is 3. The van der Waals surface area contributed by atoms with Crippen LogP contribution in [0.2, 0.25) is 0 Å². The zero-order valence-corrected chi connectivity index (χ0v) is 19.5. The summed E-state index contributed by atoms with van der Waals surface area (Å²) >= 11 is 0. The molecule has 1 heterocycles. The van der Waals surface area contributed by atoms with E-state index >= 15 is 0 Å². The highest BCUT2D eigenvalue weighted by Crippen LogP contribution is 2.24. The molecule has 3 rings (SSSR count). The van der Waals surface area contributed by atoms with Crippen molar-refractivity contribution in [2.75, 3.05) is 19.6 Å². The van der Waals surface area contributed by atoms with Gasteiger partial charge in [0.05, 0.1) is 4.90 Å². The number of amides is 2. The summed E-state index contributed by atoms with van der Waals surface area (Å²) in [7, 11) is -3.50. The first kappa shape index (κ1) is 23.1. The lowest BCUT2D eigenvalue weighted by atomic mass is 9.93. The number of urea groups is 1. The maximum atomic E-state index is 12.8. The van der Waals surface area contributed by atoms with E-state index in [4.69, 9.17) is 0 Å². The Hall–Kier alpha value is -1.60. The van der Waals surface area contributed by atoms with E-state index < -0.39 is 10.0 Å². The van der Waals surface area contributed by atoms with Crippen LogP contribution < -0.4 is 10.0 Å². The van der Waals surface area contributed by atoms with Gasteiger partial charge in [0.1, 0.15) is 0 Å². The molecule has 0 radical (unpaired) electrons. The van der Waals surface area contributed by atoms with E-state index in [9.17, 15) is 13.2 Å². The fraction of sp³-hybridized carbons (Fsp3) is 0.696. The van der Waals surface area contributed by atoms with Crippen molar-refractivity contribution in [3.05, 3.63) is 28.8 Å². The third kappa shape index (κ3) is 5.97. The van der Waals surface area contributed by atoms with Gasteiger partial charge in [0.2, 0.25) is 10.0 Å². The molecule has 1 saturated carbocycles. The number of nitrogens with one attached hydrogen (secondary N) is 2. The number of carbonyl (C=O) groups excluding carboxylic acids is 1. The molecule has 1 aromatic carbocycles. The molecule has 1 aliphatic heterocycles. The summed E-state index contributed by atoms with van der Waals surface area (Å²) < 4.78 is 28.4. The quantitative estimate of drug-likeness (QED) is 0.708. The van der Waals surface area contributed by atoms with E-state index in [0.29, 0.717) is 23.4 Å². The maximum Gasteiger partial charge on any atom is 0.317 e. The number of aryl methyl sites for hydroxylation is 3. The van der Waals surface area contributed by atoms with Crippen LogP contribution in [-0.2, 0) is 10.0 Å². The molecule has 168 valence electrons. The lowest BCUT2D eigenvalue weighted by molar-refractivity contribution is 0.162. The van der Waals surface area contributed by atoms with Crippen LogP contribution in [0.5, 0.6) is 0 Å². The van der Waals surface area contributed by atoms with Gasteiger partial charge in [0.15, 0.2) is 0 Å². The lowest BCUT2D eigenvalue weighted by Crippen LogP contribution is -2.48. The van der Waals surface area contributed by atoms with Gasteiger partial charge < -0.3 is 10.2 Å². The van der Waals surface area contributed by atoms with Gasteiger partial charge >= 0.3 is 6.03 Å². The second kappa shape index (κ2) is 10.1. The molecule has 0 bridgehead atoms. The summed E-state index contributed by atoms with van der Waals surface area (Å²) in [4.78, 5) is 14.8. The number of sulfonamides is 1. The van der Waals surface area contributed by atoms with Gasteiger partial charge in [-0.25, -0.2) is 17.9 Å². The van der Waals surface area contributed by atoms with Gasteiger partial charge in [-0.2, -0.15) is 0 Å². The second-order valence-electron chi connectivity index (χ2n) is 9.13. The van der Waals surface area contributed by atoms with Gasteiger partial charge in [-0.15, -0.1) is 0 Å². The van der Waals surface area contributed by atoms with Gasteiger partial charge in [-0.05, 0) is 69.9 Å². The summed E-state index contributed by atoms with van der Waals surface area (Å²) in [5.74, 6) is 0.451. The highest BCUT2D eigenvalue weighted by Gasteiger charge is 2.26. The lowest BCUT2D eigenvalue weighted by Gasteiger charge is -2.34. The zero-order chi connectivity index (χ0) is 21.7. The van der Waals surface area contributed by atoms with Crippen LogP contribution in [0.25, 0.3) is 0 Å². The molecule has 0 atom stereocenters. The van der Waals surface area contributed by atoms with Crippen LogP contribution >= 0.6 is 0 Å². The molecule has 2 fully saturated rings. The molecule has 1 saturated heterocycles. The fourth-order valence-corrected chi connectivity index (χ4v) is 6.49. The van der Waals surface area contributed by atoms with Crippen LogP contribution in [0, 0.1) is 26.7 Å². The Morgan fingerprint density at radius 1 is 1.00 bits per heavy atom. The Morgan fingerprint density at radius 3 is 2.20 bits per heavy atom. The summed E-state index contributed by atoms with van der Waals surface area (Å²) in [5.41, 5.74) is 2.65. The number of benzene rings is 1.